The maximum absolute atomic E-state index is 13.9. The van der Waals surface area contributed by atoms with Crippen LogP contribution in [0, 0.1) is 5.82 Å². The van der Waals surface area contributed by atoms with Crippen molar-refractivity contribution in [3.63, 3.8) is 0 Å². The van der Waals surface area contributed by atoms with E-state index < -0.39 is 0 Å². The Bertz CT molecular complexity index is 429. The van der Waals surface area contributed by atoms with Crippen molar-refractivity contribution in [2.45, 2.75) is 32.2 Å². The van der Waals surface area contributed by atoms with Crippen LogP contribution in [0.4, 0.5) is 4.39 Å². The second kappa shape index (κ2) is 11.1. The molecule has 1 saturated heterocycles. The predicted octanol–water partition coefficient (Wildman–Crippen LogP) is 3.81. The number of methoxy groups -OCH3 is 1. The van der Waals surface area contributed by atoms with Gasteiger partial charge in [-0.25, -0.2) is 4.39 Å². The summed E-state index contributed by atoms with van der Waals surface area (Å²) in [5.74, 6) is 0.0601. The van der Waals surface area contributed by atoms with Gasteiger partial charge in [-0.15, -0.1) is 24.8 Å². The lowest BCUT2D eigenvalue weighted by molar-refractivity contribution is 0.163. The molecular weight excluding hydrogens is 326 g/mol. The van der Waals surface area contributed by atoms with E-state index in [9.17, 15) is 4.39 Å². The van der Waals surface area contributed by atoms with Crippen molar-refractivity contribution in [2.75, 3.05) is 33.3 Å². The zero-order chi connectivity index (χ0) is 14.4. The zero-order valence-corrected chi connectivity index (χ0v) is 14.9. The molecule has 1 N–H and O–H groups in total. The van der Waals surface area contributed by atoms with Crippen molar-refractivity contribution in [2.24, 2.45) is 0 Å². The summed E-state index contributed by atoms with van der Waals surface area (Å²) in [6.07, 6.45) is 3.42. The van der Waals surface area contributed by atoms with Gasteiger partial charge in [0, 0.05) is 32.2 Å². The first-order valence-electron chi connectivity index (χ1n) is 7.54. The molecule has 1 fully saturated rings. The number of halogens is 3. The fourth-order valence-electron chi connectivity index (χ4n) is 2.84. The van der Waals surface area contributed by atoms with Gasteiger partial charge in [0.1, 0.15) is 0 Å². The second-order valence-electron chi connectivity index (χ2n) is 5.34. The van der Waals surface area contributed by atoms with Crippen LogP contribution in [0.5, 0.6) is 5.75 Å². The van der Waals surface area contributed by atoms with Crippen LogP contribution >= 0.6 is 24.8 Å². The molecule has 0 saturated carbocycles. The molecule has 3 nitrogen and oxygen atoms in total. The summed E-state index contributed by atoms with van der Waals surface area (Å²) in [7, 11) is 1.50. The number of nitrogens with zero attached hydrogens (tertiary/aromatic N) is 1. The van der Waals surface area contributed by atoms with Crippen LogP contribution in [-0.4, -0.2) is 38.2 Å². The lowest BCUT2D eigenvalue weighted by atomic mass is 9.98. The molecule has 1 aromatic rings. The Hall–Kier alpha value is -0.550. The number of benzene rings is 1. The number of hydrogen-bond donors (Lipinski definition) is 1. The molecule has 1 atom stereocenters. The standard InChI is InChI=1S/C16H25FN2O.2ClH/c1-3-4-5-15(19-10-8-18-9-11-19)13-6-7-16(20-2)14(17)12-13;;/h6-7,12,15,18H,3-5,8-11H2,1-2H3;2*1H/t15-;;/m0../s1. The molecule has 6 heteroatoms. The molecule has 128 valence electrons. The van der Waals surface area contributed by atoms with Gasteiger partial charge in [0.2, 0.25) is 0 Å². The quantitative estimate of drug-likeness (QED) is 0.842. The Labute approximate surface area is 145 Å². The summed E-state index contributed by atoms with van der Waals surface area (Å²) in [5, 5.41) is 3.37. The van der Waals surface area contributed by atoms with E-state index in [1.54, 1.807) is 12.1 Å². The number of rotatable bonds is 6. The highest BCUT2D eigenvalue weighted by molar-refractivity contribution is 5.85. The van der Waals surface area contributed by atoms with Crippen molar-refractivity contribution < 1.29 is 9.13 Å². The van der Waals surface area contributed by atoms with Crippen molar-refractivity contribution in [1.29, 1.82) is 0 Å². The normalized spacial score (nSPS) is 16.3. The SMILES string of the molecule is CCCC[C@@H](c1ccc(OC)c(F)c1)N1CCNCC1.Cl.Cl. The fraction of sp³-hybridized carbons (Fsp3) is 0.625. The van der Waals surface area contributed by atoms with Gasteiger partial charge < -0.3 is 10.1 Å². The average Bonchev–Trinajstić information content (AvgIpc) is 2.49. The van der Waals surface area contributed by atoms with E-state index in [2.05, 4.69) is 17.1 Å². The van der Waals surface area contributed by atoms with Crippen LogP contribution in [-0.2, 0) is 0 Å². The largest absolute Gasteiger partial charge is 0.494 e. The molecule has 2 rings (SSSR count). The first-order chi connectivity index (χ1) is 9.76. The number of nitrogens with one attached hydrogen (secondary N) is 1. The highest BCUT2D eigenvalue weighted by Gasteiger charge is 2.22. The molecule has 0 unspecified atom stereocenters. The van der Waals surface area contributed by atoms with Crippen molar-refractivity contribution in [3.05, 3.63) is 29.6 Å². The fourth-order valence-corrected chi connectivity index (χ4v) is 2.84. The number of hydrogen-bond acceptors (Lipinski definition) is 3. The minimum Gasteiger partial charge on any atom is -0.494 e. The summed E-state index contributed by atoms with van der Waals surface area (Å²) in [4.78, 5) is 2.47. The van der Waals surface area contributed by atoms with Crippen molar-refractivity contribution >= 4 is 24.8 Å². The third kappa shape index (κ3) is 5.58. The van der Waals surface area contributed by atoms with Gasteiger partial charge in [-0.3, -0.25) is 4.90 Å². The number of piperazine rings is 1. The number of unbranched alkanes of at least 4 members (excludes halogenated alkanes) is 1. The molecule has 22 heavy (non-hydrogen) atoms. The van der Waals surface area contributed by atoms with Crippen LogP contribution in [0.15, 0.2) is 18.2 Å². The van der Waals surface area contributed by atoms with E-state index in [0.29, 0.717) is 11.8 Å². The van der Waals surface area contributed by atoms with Gasteiger partial charge >= 0.3 is 0 Å². The molecule has 1 aromatic carbocycles. The smallest absolute Gasteiger partial charge is 0.165 e. The summed E-state index contributed by atoms with van der Waals surface area (Å²) in [6, 6.07) is 5.70. The topological polar surface area (TPSA) is 24.5 Å². The van der Waals surface area contributed by atoms with E-state index >= 15 is 0 Å². The van der Waals surface area contributed by atoms with Crippen LogP contribution < -0.4 is 10.1 Å². The Morgan fingerprint density at radius 1 is 1.27 bits per heavy atom. The van der Waals surface area contributed by atoms with Gasteiger partial charge in [-0.2, -0.15) is 0 Å². The van der Waals surface area contributed by atoms with Crippen LogP contribution in [0.1, 0.15) is 37.8 Å². The average molecular weight is 353 g/mol. The molecular formula is C16H27Cl2FN2O. The van der Waals surface area contributed by atoms with Crippen molar-refractivity contribution in [3.8, 4) is 5.75 Å². The highest BCUT2D eigenvalue weighted by Crippen LogP contribution is 2.29. The Morgan fingerprint density at radius 2 is 1.95 bits per heavy atom. The summed E-state index contributed by atoms with van der Waals surface area (Å²) < 4.78 is 19.0. The lowest BCUT2D eigenvalue weighted by Crippen LogP contribution is -2.45. The van der Waals surface area contributed by atoms with Crippen LogP contribution in [0.2, 0.25) is 0 Å². The Kier molecular flexibility index (Phi) is 10.8. The maximum Gasteiger partial charge on any atom is 0.165 e. The summed E-state index contributed by atoms with van der Waals surface area (Å²) in [5.41, 5.74) is 1.07. The molecule has 0 radical (unpaired) electrons. The highest BCUT2D eigenvalue weighted by atomic mass is 35.5. The first-order valence-corrected chi connectivity index (χ1v) is 7.54. The van der Waals surface area contributed by atoms with Crippen LogP contribution in [0.25, 0.3) is 0 Å². The third-order valence-electron chi connectivity index (χ3n) is 3.98. The minimum absolute atomic E-state index is 0. The first kappa shape index (κ1) is 21.4. The molecule has 0 aliphatic carbocycles. The molecule has 0 bridgehead atoms. The summed E-state index contributed by atoms with van der Waals surface area (Å²) >= 11 is 0. The van der Waals surface area contributed by atoms with Gasteiger partial charge in [-0.1, -0.05) is 25.8 Å². The van der Waals surface area contributed by atoms with Gasteiger partial charge in [-0.05, 0) is 24.1 Å². The van der Waals surface area contributed by atoms with E-state index in [-0.39, 0.29) is 30.6 Å². The second-order valence-corrected chi connectivity index (χ2v) is 5.34. The lowest BCUT2D eigenvalue weighted by Gasteiger charge is -2.35. The number of ether oxygens (including phenoxy) is 1. The van der Waals surface area contributed by atoms with Crippen molar-refractivity contribution in [1.82, 2.24) is 10.2 Å². The van der Waals surface area contributed by atoms with E-state index in [1.807, 2.05) is 6.07 Å². The summed E-state index contributed by atoms with van der Waals surface area (Å²) in [6.45, 7) is 6.29. The molecule has 0 spiro atoms. The molecule has 1 aliphatic rings. The van der Waals surface area contributed by atoms with E-state index in [1.165, 1.54) is 20.0 Å². The Balaban J connectivity index is 0.00000220. The molecule has 0 amide bonds. The monoisotopic (exact) mass is 352 g/mol. The molecule has 1 aliphatic heterocycles. The molecule has 0 aromatic heterocycles. The predicted molar refractivity (Wildman–Crippen MR) is 94.2 cm³/mol. The van der Waals surface area contributed by atoms with E-state index in [4.69, 9.17) is 4.74 Å². The maximum atomic E-state index is 13.9. The minimum atomic E-state index is -0.262. The Morgan fingerprint density at radius 3 is 2.50 bits per heavy atom. The van der Waals surface area contributed by atoms with Gasteiger partial charge in [0.15, 0.2) is 11.6 Å². The van der Waals surface area contributed by atoms with Gasteiger partial charge in [0.05, 0.1) is 7.11 Å². The van der Waals surface area contributed by atoms with Crippen LogP contribution in [0.3, 0.4) is 0 Å². The zero-order valence-electron chi connectivity index (χ0n) is 13.3. The molecule has 1 heterocycles. The third-order valence-corrected chi connectivity index (χ3v) is 3.98. The van der Waals surface area contributed by atoms with E-state index in [0.717, 1.165) is 38.2 Å². The van der Waals surface area contributed by atoms with Gasteiger partial charge in [0.25, 0.3) is 0 Å².